The predicted molar refractivity (Wildman–Crippen MR) is 102 cm³/mol. The molecule has 0 aliphatic heterocycles. The van der Waals surface area contributed by atoms with E-state index in [9.17, 15) is 18.0 Å². The van der Waals surface area contributed by atoms with E-state index in [-0.39, 0.29) is 17.3 Å². The molecule has 0 fully saturated rings. The third-order valence-corrected chi connectivity index (χ3v) is 5.39. The van der Waals surface area contributed by atoms with Gasteiger partial charge in [0.05, 0.1) is 18.0 Å². The van der Waals surface area contributed by atoms with Crippen LogP contribution in [-0.2, 0) is 26.2 Å². The molecular formula is C19H23N3O4S. The minimum absolute atomic E-state index is 0.0963. The number of amides is 2. The molecule has 8 heteroatoms. The van der Waals surface area contributed by atoms with E-state index in [1.54, 1.807) is 12.1 Å². The van der Waals surface area contributed by atoms with E-state index in [1.165, 1.54) is 6.07 Å². The van der Waals surface area contributed by atoms with E-state index >= 15 is 0 Å². The summed E-state index contributed by atoms with van der Waals surface area (Å²) in [4.78, 5) is 23.6. The van der Waals surface area contributed by atoms with Crippen LogP contribution in [0.2, 0.25) is 0 Å². The molecule has 0 saturated carbocycles. The molecule has 0 aromatic heterocycles. The van der Waals surface area contributed by atoms with Crippen LogP contribution in [0.5, 0.6) is 0 Å². The van der Waals surface area contributed by atoms with Crippen LogP contribution >= 0.6 is 0 Å². The summed E-state index contributed by atoms with van der Waals surface area (Å²) in [6, 6.07) is 14.1. The Morgan fingerprint density at radius 1 is 0.852 bits per heavy atom. The van der Waals surface area contributed by atoms with Crippen molar-refractivity contribution in [1.29, 1.82) is 0 Å². The van der Waals surface area contributed by atoms with Crippen molar-refractivity contribution < 1.29 is 18.0 Å². The van der Waals surface area contributed by atoms with Crippen LogP contribution in [0.15, 0.2) is 53.4 Å². The largest absolute Gasteiger partial charge is 0.350 e. The molecule has 0 radical (unpaired) electrons. The second-order valence-corrected chi connectivity index (χ2v) is 7.88. The molecule has 0 bridgehead atoms. The summed E-state index contributed by atoms with van der Waals surface area (Å²) >= 11 is 0. The fourth-order valence-electron chi connectivity index (χ4n) is 2.23. The van der Waals surface area contributed by atoms with Crippen molar-refractivity contribution in [3.05, 3.63) is 65.2 Å². The lowest BCUT2D eigenvalue weighted by molar-refractivity contribution is -0.125. The number of carbonyl (C=O) groups excluding carboxylic acids is 2. The van der Waals surface area contributed by atoms with Crippen LogP contribution in [0, 0.1) is 13.8 Å². The fourth-order valence-corrected chi connectivity index (χ4v) is 3.29. The van der Waals surface area contributed by atoms with Gasteiger partial charge < -0.3 is 10.6 Å². The van der Waals surface area contributed by atoms with Crippen LogP contribution in [0.4, 0.5) is 0 Å². The van der Waals surface area contributed by atoms with Crippen molar-refractivity contribution in [2.45, 2.75) is 25.3 Å². The SMILES string of the molecule is Cc1ccc(S(=O)(=O)NCC(=O)NCC(=O)NCc2ccccc2)cc1C. The molecular weight excluding hydrogens is 366 g/mol. The molecule has 0 unspecified atom stereocenters. The van der Waals surface area contributed by atoms with Gasteiger partial charge in [-0.25, -0.2) is 13.1 Å². The van der Waals surface area contributed by atoms with Crippen LogP contribution in [0.25, 0.3) is 0 Å². The minimum Gasteiger partial charge on any atom is -0.350 e. The van der Waals surface area contributed by atoms with Crippen LogP contribution in [0.1, 0.15) is 16.7 Å². The van der Waals surface area contributed by atoms with Gasteiger partial charge in [-0.2, -0.15) is 0 Å². The predicted octanol–water partition coefficient (Wildman–Crippen LogP) is 1.01. The second kappa shape index (κ2) is 9.29. The molecule has 144 valence electrons. The summed E-state index contributed by atoms with van der Waals surface area (Å²) in [7, 11) is -3.79. The van der Waals surface area contributed by atoms with E-state index in [0.29, 0.717) is 6.54 Å². The fraction of sp³-hybridized carbons (Fsp3) is 0.263. The average Bonchev–Trinajstić information content (AvgIpc) is 2.66. The third kappa shape index (κ3) is 6.50. The van der Waals surface area contributed by atoms with Crippen molar-refractivity contribution in [3.63, 3.8) is 0 Å². The number of hydrogen-bond acceptors (Lipinski definition) is 4. The maximum atomic E-state index is 12.2. The zero-order valence-corrected chi connectivity index (χ0v) is 16.1. The Bertz CT molecular complexity index is 912. The summed E-state index contributed by atoms with van der Waals surface area (Å²) in [5.74, 6) is -0.943. The first-order valence-corrected chi connectivity index (χ1v) is 9.90. The van der Waals surface area contributed by atoms with Crippen molar-refractivity contribution in [2.75, 3.05) is 13.1 Å². The van der Waals surface area contributed by atoms with Crippen molar-refractivity contribution in [1.82, 2.24) is 15.4 Å². The van der Waals surface area contributed by atoms with Gasteiger partial charge in [0.2, 0.25) is 21.8 Å². The normalized spacial score (nSPS) is 11.0. The monoisotopic (exact) mass is 389 g/mol. The van der Waals surface area contributed by atoms with Gasteiger partial charge in [-0.1, -0.05) is 36.4 Å². The topological polar surface area (TPSA) is 104 Å². The molecule has 2 aromatic carbocycles. The zero-order valence-electron chi connectivity index (χ0n) is 15.3. The van der Waals surface area contributed by atoms with Crippen LogP contribution < -0.4 is 15.4 Å². The summed E-state index contributed by atoms with van der Waals surface area (Å²) in [6.45, 7) is 3.39. The first kappa shape index (κ1) is 20.6. The van der Waals surface area contributed by atoms with Crippen LogP contribution in [0.3, 0.4) is 0 Å². The Hall–Kier alpha value is -2.71. The number of sulfonamides is 1. The highest BCUT2D eigenvalue weighted by atomic mass is 32.2. The standard InChI is InChI=1S/C19H23N3O4S/c1-14-8-9-17(10-15(14)2)27(25,26)22-13-19(24)21-12-18(23)20-11-16-6-4-3-5-7-16/h3-10,22H,11-13H2,1-2H3,(H,20,23)(H,21,24). The molecule has 0 aliphatic rings. The molecule has 3 N–H and O–H groups in total. The number of nitrogens with one attached hydrogen (secondary N) is 3. The number of aryl methyl sites for hydroxylation is 2. The number of carbonyl (C=O) groups is 2. The average molecular weight is 389 g/mol. The van der Waals surface area contributed by atoms with Crippen LogP contribution in [-0.4, -0.2) is 33.3 Å². The maximum Gasteiger partial charge on any atom is 0.241 e. The van der Waals surface area contributed by atoms with E-state index in [0.717, 1.165) is 16.7 Å². The molecule has 27 heavy (non-hydrogen) atoms. The van der Waals surface area contributed by atoms with Crippen molar-refractivity contribution >= 4 is 21.8 Å². The van der Waals surface area contributed by atoms with Gasteiger partial charge in [0.25, 0.3) is 0 Å². The molecule has 2 amide bonds. The molecule has 0 spiro atoms. The van der Waals surface area contributed by atoms with E-state index in [4.69, 9.17) is 0 Å². The number of rotatable bonds is 8. The molecule has 0 heterocycles. The quantitative estimate of drug-likeness (QED) is 0.627. The second-order valence-electron chi connectivity index (χ2n) is 6.11. The molecule has 2 aromatic rings. The summed E-state index contributed by atoms with van der Waals surface area (Å²) in [6.07, 6.45) is 0. The van der Waals surface area contributed by atoms with Gasteiger partial charge in [-0.05, 0) is 42.7 Å². The number of benzene rings is 2. The minimum atomic E-state index is -3.79. The smallest absolute Gasteiger partial charge is 0.241 e. The first-order chi connectivity index (χ1) is 12.8. The molecule has 0 atom stereocenters. The van der Waals surface area contributed by atoms with Gasteiger partial charge in [0.15, 0.2) is 0 Å². The first-order valence-electron chi connectivity index (χ1n) is 8.42. The summed E-state index contributed by atoms with van der Waals surface area (Å²) < 4.78 is 26.7. The van der Waals surface area contributed by atoms with E-state index in [1.807, 2.05) is 44.2 Å². The zero-order chi connectivity index (χ0) is 19.9. The van der Waals surface area contributed by atoms with Gasteiger partial charge in [0, 0.05) is 6.54 Å². The Balaban J connectivity index is 1.76. The highest BCUT2D eigenvalue weighted by molar-refractivity contribution is 7.89. The van der Waals surface area contributed by atoms with Gasteiger partial charge >= 0.3 is 0 Å². The Morgan fingerprint density at radius 3 is 2.19 bits per heavy atom. The maximum absolute atomic E-state index is 12.2. The highest BCUT2D eigenvalue weighted by Crippen LogP contribution is 2.14. The molecule has 0 aliphatic carbocycles. The lowest BCUT2D eigenvalue weighted by Crippen LogP contribution is -2.41. The Morgan fingerprint density at radius 2 is 1.52 bits per heavy atom. The third-order valence-electron chi connectivity index (χ3n) is 3.99. The summed E-state index contributed by atoms with van der Waals surface area (Å²) in [5, 5.41) is 5.06. The molecule has 0 saturated heterocycles. The van der Waals surface area contributed by atoms with E-state index < -0.39 is 22.5 Å². The lowest BCUT2D eigenvalue weighted by Gasteiger charge is -2.10. The van der Waals surface area contributed by atoms with Gasteiger partial charge in [-0.3, -0.25) is 9.59 Å². The Kier molecular flexibility index (Phi) is 7.09. The Labute approximate surface area is 159 Å². The number of hydrogen-bond donors (Lipinski definition) is 3. The molecule has 7 nitrogen and oxygen atoms in total. The lowest BCUT2D eigenvalue weighted by atomic mass is 10.1. The molecule has 2 rings (SSSR count). The highest BCUT2D eigenvalue weighted by Gasteiger charge is 2.16. The van der Waals surface area contributed by atoms with E-state index in [2.05, 4.69) is 15.4 Å². The van der Waals surface area contributed by atoms with Crippen molar-refractivity contribution in [3.8, 4) is 0 Å². The summed E-state index contributed by atoms with van der Waals surface area (Å²) in [5.41, 5.74) is 2.77. The van der Waals surface area contributed by atoms with Gasteiger partial charge in [-0.15, -0.1) is 0 Å². The van der Waals surface area contributed by atoms with Crippen molar-refractivity contribution in [2.24, 2.45) is 0 Å². The van der Waals surface area contributed by atoms with Gasteiger partial charge in [0.1, 0.15) is 0 Å².